The number of hydrogen-bond donors (Lipinski definition) is 3. The van der Waals surface area contributed by atoms with Crippen LogP contribution >= 0.6 is 0 Å². The normalized spacial score (nSPS) is 15.4. The minimum Gasteiger partial charge on any atom is -0.506 e. The molecule has 0 bridgehead atoms. The summed E-state index contributed by atoms with van der Waals surface area (Å²) in [6.45, 7) is 0. The number of carbonyl (C=O) groups is 1. The Morgan fingerprint density at radius 2 is 1.65 bits per heavy atom. The molecule has 2 aromatic rings. The zero-order valence-electron chi connectivity index (χ0n) is 11.0. The van der Waals surface area contributed by atoms with Crippen LogP contribution in [-0.4, -0.2) is 11.1 Å². The Kier molecular flexibility index (Phi) is 3.06. The first-order valence-electron chi connectivity index (χ1n) is 6.62. The molecule has 2 amide bonds. The zero-order chi connectivity index (χ0) is 14.0. The number of anilines is 1. The molecule has 20 heavy (non-hydrogen) atoms. The van der Waals surface area contributed by atoms with Gasteiger partial charge in [0.25, 0.3) is 0 Å². The van der Waals surface area contributed by atoms with Crippen molar-refractivity contribution in [3.8, 4) is 5.75 Å². The predicted molar refractivity (Wildman–Crippen MR) is 77.6 cm³/mol. The molecule has 1 aliphatic rings. The standard InChI is InChI=1S/C16H16N2O2/c19-14-9-5-4-8-13(14)17-15(20)18-16(10-11-16)12-6-2-1-3-7-12/h1-9,19H,10-11H2,(H2,17,18,20). The first-order valence-corrected chi connectivity index (χ1v) is 6.62. The second kappa shape index (κ2) is 4.89. The third kappa shape index (κ3) is 2.45. The number of hydrogen-bond acceptors (Lipinski definition) is 2. The summed E-state index contributed by atoms with van der Waals surface area (Å²) < 4.78 is 0. The van der Waals surface area contributed by atoms with Crippen LogP contribution in [0.15, 0.2) is 54.6 Å². The van der Waals surface area contributed by atoms with E-state index in [4.69, 9.17) is 0 Å². The van der Waals surface area contributed by atoms with Crippen molar-refractivity contribution in [2.24, 2.45) is 0 Å². The molecule has 0 saturated heterocycles. The molecular weight excluding hydrogens is 252 g/mol. The summed E-state index contributed by atoms with van der Waals surface area (Å²) in [5.74, 6) is 0.0622. The number of urea groups is 1. The van der Waals surface area contributed by atoms with Gasteiger partial charge in [-0.1, -0.05) is 42.5 Å². The topological polar surface area (TPSA) is 61.4 Å². The van der Waals surface area contributed by atoms with E-state index in [1.165, 1.54) is 0 Å². The van der Waals surface area contributed by atoms with Crippen molar-refractivity contribution >= 4 is 11.7 Å². The van der Waals surface area contributed by atoms with Gasteiger partial charge in [-0.15, -0.1) is 0 Å². The van der Waals surface area contributed by atoms with Crippen LogP contribution in [0.2, 0.25) is 0 Å². The minimum absolute atomic E-state index is 0.0622. The maximum Gasteiger partial charge on any atom is 0.320 e. The lowest BCUT2D eigenvalue weighted by Crippen LogP contribution is -2.38. The highest BCUT2D eigenvalue weighted by atomic mass is 16.3. The number of carbonyl (C=O) groups excluding carboxylic acids is 1. The van der Waals surface area contributed by atoms with E-state index in [1.807, 2.05) is 30.3 Å². The summed E-state index contributed by atoms with van der Waals surface area (Å²) in [5.41, 5.74) is 1.27. The van der Waals surface area contributed by atoms with Crippen LogP contribution in [0.25, 0.3) is 0 Å². The van der Waals surface area contributed by atoms with E-state index in [2.05, 4.69) is 10.6 Å². The Labute approximate surface area is 117 Å². The van der Waals surface area contributed by atoms with Crippen LogP contribution in [0.3, 0.4) is 0 Å². The molecular formula is C16H16N2O2. The molecule has 3 N–H and O–H groups in total. The number of phenols is 1. The number of rotatable bonds is 3. The summed E-state index contributed by atoms with van der Waals surface area (Å²) in [6, 6.07) is 16.3. The van der Waals surface area contributed by atoms with Crippen molar-refractivity contribution < 1.29 is 9.90 Å². The first kappa shape index (κ1) is 12.5. The lowest BCUT2D eigenvalue weighted by Gasteiger charge is -2.18. The Hall–Kier alpha value is -2.49. The summed E-state index contributed by atoms with van der Waals surface area (Å²) in [7, 11) is 0. The van der Waals surface area contributed by atoms with Crippen molar-refractivity contribution in [1.82, 2.24) is 5.32 Å². The average Bonchev–Trinajstić information content (AvgIpc) is 3.23. The van der Waals surface area contributed by atoms with Gasteiger partial charge in [0.2, 0.25) is 0 Å². The first-order chi connectivity index (χ1) is 9.70. The summed E-state index contributed by atoms with van der Waals surface area (Å²) >= 11 is 0. The van der Waals surface area contributed by atoms with E-state index in [9.17, 15) is 9.90 Å². The van der Waals surface area contributed by atoms with E-state index in [0.717, 1.165) is 18.4 Å². The third-order valence-electron chi connectivity index (χ3n) is 3.58. The maximum absolute atomic E-state index is 12.1. The van der Waals surface area contributed by atoms with Crippen LogP contribution in [0.4, 0.5) is 10.5 Å². The number of para-hydroxylation sites is 2. The Balaban J connectivity index is 1.70. The number of benzene rings is 2. The molecule has 4 heteroatoms. The fourth-order valence-electron chi connectivity index (χ4n) is 2.32. The summed E-state index contributed by atoms with van der Waals surface area (Å²) in [4.78, 5) is 12.1. The second-order valence-electron chi connectivity index (χ2n) is 5.04. The highest BCUT2D eigenvalue weighted by molar-refractivity contribution is 5.91. The molecule has 1 aliphatic carbocycles. The van der Waals surface area contributed by atoms with Crippen LogP contribution < -0.4 is 10.6 Å². The van der Waals surface area contributed by atoms with Crippen LogP contribution in [0, 0.1) is 0 Å². The van der Waals surface area contributed by atoms with Crippen molar-refractivity contribution in [1.29, 1.82) is 0 Å². The Morgan fingerprint density at radius 3 is 2.30 bits per heavy atom. The Morgan fingerprint density at radius 1 is 1.00 bits per heavy atom. The van der Waals surface area contributed by atoms with E-state index in [1.54, 1.807) is 24.3 Å². The molecule has 0 heterocycles. The summed E-state index contributed by atoms with van der Waals surface area (Å²) in [6.07, 6.45) is 1.87. The number of nitrogens with one attached hydrogen (secondary N) is 2. The molecule has 1 saturated carbocycles. The van der Waals surface area contributed by atoms with E-state index in [0.29, 0.717) is 5.69 Å². The number of phenolic OH excluding ortho intramolecular Hbond substituents is 1. The molecule has 0 atom stereocenters. The van der Waals surface area contributed by atoms with Crippen LogP contribution in [-0.2, 0) is 5.54 Å². The number of amides is 2. The second-order valence-corrected chi connectivity index (χ2v) is 5.04. The van der Waals surface area contributed by atoms with Gasteiger partial charge >= 0.3 is 6.03 Å². The monoisotopic (exact) mass is 268 g/mol. The van der Waals surface area contributed by atoms with Crippen molar-refractivity contribution in [2.75, 3.05) is 5.32 Å². The van der Waals surface area contributed by atoms with Gasteiger partial charge in [0.15, 0.2) is 0 Å². The average molecular weight is 268 g/mol. The van der Waals surface area contributed by atoms with Crippen LogP contribution in [0.5, 0.6) is 5.75 Å². The van der Waals surface area contributed by atoms with Gasteiger partial charge in [0.1, 0.15) is 5.75 Å². The van der Waals surface area contributed by atoms with Gasteiger partial charge in [-0.05, 0) is 30.5 Å². The molecule has 0 aromatic heterocycles. The summed E-state index contributed by atoms with van der Waals surface area (Å²) in [5, 5.41) is 15.3. The van der Waals surface area contributed by atoms with Gasteiger partial charge in [-0.25, -0.2) is 4.79 Å². The molecule has 0 radical (unpaired) electrons. The molecule has 2 aromatic carbocycles. The predicted octanol–water partition coefficient (Wildman–Crippen LogP) is 3.20. The minimum atomic E-state index is -0.298. The van der Waals surface area contributed by atoms with Crippen molar-refractivity contribution in [3.63, 3.8) is 0 Å². The quantitative estimate of drug-likeness (QED) is 0.748. The van der Waals surface area contributed by atoms with Gasteiger partial charge in [-0.3, -0.25) is 0 Å². The molecule has 4 nitrogen and oxygen atoms in total. The SMILES string of the molecule is O=C(Nc1ccccc1O)NC1(c2ccccc2)CC1. The third-order valence-corrected chi connectivity index (χ3v) is 3.58. The molecule has 3 rings (SSSR count). The van der Waals surface area contributed by atoms with E-state index < -0.39 is 0 Å². The van der Waals surface area contributed by atoms with Crippen molar-refractivity contribution in [2.45, 2.75) is 18.4 Å². The highest BCUT2D eigenvalue weighted by Gasteiger charge is 2.45. The van der Waals surface area contributed by atoms with Gasteiger partial charge in [0.05, 0.1) is 11.2 Å². The van der Waals surface area contributed by atoms with E-state index >= 15 is 0 Å². The van der Waals surface area contributed by atoms with Gasteiger partial charge < -0.3 is 15.7 Å². The van der Waals surface area contributed by atoms with E-state index in [-0.39, 0.29) is 17.3 Å². The lowest BCUT2D eigenvalue weighted by molar-refractivity contribution is 0.247. The largest absolute Gasteiger partial charge is 0.506 e. The van der Waals surface area contributed by atoms with Crippen LogP contribution in [0.1, 0.15) is 18.4 Å². The number of aromatic hydroxyl groups is 1. The molecule has 0 spiro atoms. The highest BCUT2D eigenvalue weighted by Crippen LogP contribution is 2.45. The molecule has 0 aliphatic heterocycles. The maximum atomic E-state index is 12.1. The fourth-order valence-corrected chi connectivity index (χ4v) is 2.32. The lowest BCUT2D eigenvalue weighted by atomic mass is 10.1. The molecule has 102 valence electrons. The van der Waals surface area contributed by atoms with Gasteiger partial charge in [-0.2, -0.15) is 0 Å². The zero-order valence-corrected chi connectivity index (χ0v) is 11.0. The fraction of sp³-hybridized carbons (Fsp3) is 0.188. The smallest absolute Gasteiger partial charge is 0.320 e. The van der Waals surface area contributed by atoms with Crippen molar-refractivity contribution in [3.05, 3.63) is 60.2 Å². The molecule has 0 unspecified atom stereocenters. The Bertz CT molecular complexity index is 621. The molecule has 1 fully saturated rings. The van der Waals surface area contributed by atoms with Gasteiger partial charge in [0, 0.05) is 0 Å².